The molecule has 1 aliphatic rings. The SMILES string of the molecule is CN(C)C1CCCN(c2nc3ccccc3cc2C=O)C1. The summed E-state index contributed by atoms with van der Waals surface area (Å²) in [4.78, 5) is 20.7. The Balaban J connectivity index is 2.00. The molecule has 1 unspecified atom stereocenters. The molecular weight excluding hydrogens is 262 g/mol. The molecule has 0 saturated carbocycles. The van der Waals surface area contributed by atoms with Crippen LogP contribution in [-0.2, 0) is 0 Å². The predicted octanol–water partition coefficient (Wildman–Crippen LogP) is 2.58. The van der Waals surface area contributed by atoms with Crippen molar-refractivity contribution in [1.82, 2.24) is 9.88 Å². The normalized spacial score (nSPS) is 19.2. The number of anilines is 1. The summed E-state index contributed by atoms with van der Waals surface area (Å²) in [5.74, 6) is 0.829. The van der Waals surface area contributed by atoms with Crippen LogP contribution in [0.1, 0.15) is 23.2 Å². The maximum absolute atomic E-state index is 11.5. The van der Waals surface area contributed by atoms with Gasteiger partial charge in [-0.3, -0.25) is 4.79 Å². The lowest BCUT2D eigenvalue weighted by Crippen LogP contribution is -2.45. The molecule has 1 fully saturated rings. The van der Waals surface area contributed by atoms with Crippen molar-refractivity contribution < 1.29 is 4.79 Å². The summed E-state index contributed by atoms with van der Waals surface area (Å²) in [5, 5.41) is 1.02. The summed E-state index contributed by atoms with van der Waals surface area (Å²) >= 11 is 0. The van der Waals surface area contributed by atoms with Crippen LogP contribution in [0, 0.1) is 0 Å². The van der Waals surface area contributed by atoms with Crippen molar-refractivity contribution in [1.29, 1.82) is 0 Å². The van der Waals surface area contributed by atoms with Gasteiger partial charge in [-0.2, -0.15) is 0 Å². The first-order valence-corrected chi connectivity index (χ1v) is 7.45. The number of nitrogens with zero attached hydrogens (tertiary/aromatic N) is 3. The van der Waals surface area contributed by atoms with Gasteiger partial charge in [0.1, 0.15) is 5.82 Å². The number of carbonyl (C=O) groups is 1. The zero-order valence-electron chi connectivity index (χ0n) is 12.6. The van der Waals surface area contributed by atoms with E-state index in [9.17, 15) is 4.79 Å². The number of aromatic nitrogens is 1. The van der Waals surface area contributed by atoms with Crippen LogP contribution in [0.4, 0.5) is 5.82 Å². The lowest BCUT2D eigenvalue weighted by atomic mass is 10.0. The molecular formula is C17H21N3O. The van der Waals surface area contributed by atoms with Gasteiger partial charge in [0.2, 0.25) is 0 Å². The number of hydrogen-bond donors (Lipinski definition) is 0. The van der Waals surface area contributed by atoms with E-state index < -0.39 is 0 Å². The molecule has 2 aromatic rings. The zero-order valence-corrected chi connectivity index (χ0v) is 12.6. The maximum atomic E-state index is 11.5. The summed E-state index contributed by atoms with van der Waals surface area (Å²) in [6.07, 6.45) is 3.26. The van der Waals surface area contributed by atoms with Crippen molar-refractivity contribution in [3.05, 3.63) is 35.9 Å². The van der Waals surface area contributed by atoms with E-state index in [2.05, 4.69) is 23.9 Å². The van der Waals surface area contributed by atoms with Gasteiger partial charge in [-0.1, -0.05) is 18.2 Å². The van der Waals surface area contributed by atoms with Crippen molar-refractivity contribution in [2.24, 2.45) is 0 Å². The van der Waals surface area contributed by atoms with Crippen molar-refractivity contribution in [2.45, 2.75) is 18.9 Å². The van der Waals surface area contributed by atoms with Crippen LogP contribution < -0.4 is 4.90 Å². The van der Waals surface area contributed by atoms with Crippen molar-refractivity contribution in [3.63, 3.8) is 0 Å². The Bertz CT molecular complexity index is 654. The van der Waals surface area contributed by atoms with Gasteiger partial charge in [-0.15, -0.1) is 0 Å². The van der Waals surface area contributed by atoms with Crippen molar-refractivity contribution >= 4 is 23.0 Å². The third kappa shape index (κ3) is 2.76. The summed E-state index contributed by atoms with van der Waals surface area (Å²) in [6, 6.07) is 10.4. The highest BCUT2D eigenvalue weighted by Gasteiger charge is 2.24. The molecule has 3 rings (SSSR count). The summed E-state index contributed by atoms with van der Waals surface area (Å²) in [5.41, 5.74) is 1.64. The molecule has 2 heterocycles. The second-order valence-corrected chi connectivity index (χ2v) is 5.92. The molecule has 0 radical (unpaired) electrons. The van der Waals surface area contributed by atoms with E-state index >= 15 is 0 Å². The molecule has 4 nitrogen and oxygen atoms in total. The number of hydrogen-bond acceptors (Lipinski definition) is 4. The van der Waals surface area contributed by atoms with E-state index in [-0.39, 0.29) is 0 Å². The second kappa shape index (κ2) is 5.82. The van der Waals surface area contributed by atoms with E-state index in [0.717, 1.165) is 42.5 Å². The van der Waals surface area contributed by atoms with Crippen LogP contribution in [0.3, 0.4) is 0 Å². The fourth-order valence-corrected chi connectivity index (χ4v) is 3.03. The van der Waals surface area contributed by atoms with E-state index in [1.165, 1.54) is 6.42 Å². The Morgan fingerprint density at radius 2 is 2.14 bits per heavy atom. The first-order valence-electron chi connectivity index (χ1n) is 7.45. The highest BCUT2D eigenvalue weighted by Crippen LogP contribution is 2.26. The molecule has 1 saturated heterocycles. The highest BCUT2D eigenvalue weighted by atomic mass is 16.1. The van der Waals surface area contributed by atoms with E-state index in [1.54, 1.807) is 0 Å². The molecule has 1 atom stereocenters. The van der Waals surface area contributed by atoms with Crippen LogP contribution in [-0.4, -0.2) is 49.4 Å². The highest BCUT2D eigenvalue weighted by molar-refractivity contribution is 5.91. The molecule has 1 aromatic carbocycles. The Morgan fingerprint density at radius 1 is 1.33 bits per heavy atom. The quantitative estimate of drug-likeness (QED) is 0.811. The second-order valence-electron chi connectivity index (χ2n) is 5.92. The van der Waals surface area contributed by atoms with Crippen LogP contribution in [0.25, 0.3) is 10.9 Å². The minimum absolute atomic E-state index is 0.520. The molecule has 0 amide bonds. The summed E-state index contributed by atoms with van der Waals surface area (Å²) in [7, 11) is 4.23. The molecule has 0 aliphatic carbocycles. The lowest BCUT2D eigenvalue weighted by molar-refractivity contribution is 0.112. The lowest BCUT2D eigenvalue weighted by Gasteiger charge is -2.37. The first-order chi connectivity index (χ1) is 10.2. The minimum Gasteiger partial charge on any atom is -0.354 e. The zero-order chi connectivity index (χ0) is 14.8. The third-order valence-electron chi connectivity index (χ3n) is 4.29. The molecule has 110 valence electrons. The molecule has 1 aromatic heterocycles. The molecule has 0 N–H and O–H groups in total. The fourth-order valence-electron chi connectivity index (χ4n) is 3.03. The van der Waals surface area contributed by atoms with Crippen LogP contribution in [0.2, 0.25) is 0 Å². The number of piperidine rings is 1. The number of benzene rings is 1. The Labute approximate surface area is 125 Å². The number of carbonyl (C=O) groups excluding carboxylic acids is 1. The average molecular weight is 283 g/mol. The molecule has 0 bridgehead atoms. The Morgan fingerprint density at radius 3 is 2.90 bits per heavy atom. The number of aldehydes is 1. The number of likely N-dealkylation sites (N-methyl/N-ethyl adjacent to an activating group) is 1. The number of para-hydroxylation sites is 1. The smallest absolute Gasteiger partial charge is 0.153 e. The summed E-state index contributed by atoms with van der Waals surface area (Å²) in [6.45, 7) is 1.90. The van der Waals surface area contributed by atoms with Gasteiger partial charge in [0.05, 0.1) is 11.1 Å². The largest absolute Gasteiger partial charge is 0.354 e. The van der Waals surface area contributed by atoms with Crippen molar-refractivity contribution in [2.75, 3.05) is 32.1 Å². The van der Waals surface area contributed by atoms with Gasteiger partial charge in [-0.25, -0.2) is 4.98 Å². The average Bonchev–Trinajstić information content (AvgIpc) is 2.53. The minimum atomic E-state index is 0.520. The van der Waals surface area contributed by atoms with Crippen molar-refractivity contribution in [3.8, 4) is 0 Å². The number of pyridine rings is 1. The first kappa shape index (κ1) is 14.0. The van der Waals surface area contributed by atoms with E-state index in [1.807, 2.05) is 30.3 Å². The van der Waals surface area contributed by atoms with E-state index in [4.69, 9.17) is 4.98 Å². The van der Waals surface area contributed by atoms with Gasteiger partial charge < -0.3 is 9.80 Å². The van der Waals surface area contributed by atoms with Gasteiger partial charge in [0.25, 0.3) is 0 Å². The number of fused-ring (bicyclic) bond motifs is 1. The standard InChI is InChI=1S/C17H21N3O/c1-19(2)15-7-5-9-20(11-15)17-14(12-21)10-13-6-3-4-8-16(13)18-17/h3-4,6,8,10,12,15H,5,7,9,11H2,1-2H3. The predicted molar refractivity (Wildman–Crippen MR) is 86.1 cm³/mol. The summed E-state index contributed by atoms with van der Waals surface area (Å²) < 4.78 is 0. The maximum Gasteiger partial charge on any atom is 0.153 e. The van der Waals surface area contributed by atoms with E-state index in [0.29, 0.717) is 11.6 Å². The van der Waals surface area contributed by atoms with Gasteiger partial charge in [0.15, 0.2) is 6.29 Å². The molecule has 21 heavy (non-hydrogen) atoms. The molecule has 0 spiro atoms. The number of rotatable bonds is 3. The van der Waals surface area contributed by atoms with Crippen LogP contribution in [0.5, 0.6) is 0 Å². The van der Waals surface area contributed by atoms with Crippen LogP contribution >= 0.6 is 0 Å². The Kier molecular flexibility index (Phi) is 3.88. The monoisotopic (exact) mass is 283 g/mol. The van der Waals surface area contributed by atoms with Crippen LogP contribution in [0.15, 0.2) is 30.3 Å². The third-order valence-corrected chi connectivity index (χ3v) is 4.29. The Hall–Kier alpha value is -1.94. The van der Waals surface area contributed by atoms with Gasteiger partial charge in [0, 0.05) is 24.5 Å². The molecule has 1 aliphatic heterocycles. The topological polar surface area (TPSA) is 36.4 Å². The molecule has 4 heteroatoms. The fraction of sp³-hybridized carbons (Fsp3) is 0.412. The van der Waals surface area contributed by atoms with Gasteiger partial charge >= 0.3 is 0 Å². The van der Waals surface area contributed by atoms with Gasteiger partial charge in [-0.05, 0) is 39.1 Å².